The maximum Gasteiger partial charge on any atom is 0.319 e. The standard InChI is InChI=1S/C34H40F3N5O2/c1-21(2)42(17-15-38-32(43)22(3)35)31-28-13-12-27(26-11-6-9-23-8-4-5-10-25(23)26)29(37)30(28)39-33(40-31)44-20-34-14-7-16-41(34)19-24(36)18-34/h6,9,11-13,21,24H,3-5,7-8,10,14-20H2,1-2H3,(H,38,43)/t24-,34+/m1/s1. The number of benzene rings is 2. The van der Waals surface area contributed by atoms with Gasteiger partial charge in [-0.2, -0.15) is 9.97 Å². The van der Waals surface area contributed by atoms with Gasteiger partial charge >= 0.3 is 6.01 Å². The highest BCUT2D eigenvalue weighted by Crippen LogP contribution is 2.41. The summed E-state index contributed by atoms with van der Waals surface area (Å²) in [6.45, 7) is 8.79. The lowest BCUT2D eigenvalue weighted by atomic mass is 9.85. The third kappa shape index (κ3) is 5.76. The Morgan fingerprint density at radius 3 is 2.80 bits per heavy atom. The van der Waals surface area contributed by atoms with Gasteiger partial charge in [0.25, 0.3) is 5.91 Å². The van der Waals surface area contributed by atoms with Crippen molar-refractivity contribution < 1.29 is 22.7 Å². The summed E-state index contributed by atoms with van der Waals surface area (Å²) < 4.78 is 50.6. The van der Waals surface area contributed by atoms with E-state index in [1.165, 1.54) is 11.1 Å². The normalized spacial score (nSPS) is 21.4. The Labute approximate surface area is 256 Å². The summed E-state index contributed by atoms with van der Waals surface area (Å²) in [5.41, 5.74) is 3.51. The highest BCUT2D eigenvalue weighted by atomic mass is 19.1. The van der Waals surface area contributed by atoms with Crippen LogP contribution >= 0.6 is 0 Å². The average Bonchev–Trinajstić information content (AvgIpc) is 3.53. The van der Waals surface area contributed by atoms with Crippen LogP contribution in [-0.2, 0) is 17.6 Å². The van der Waals surface area contributed by atoms with Gasteiger partial charge in [-0.15, -0.1) is 0 Å². The van der Waals surface area contributed by atoms with Crippen LogP contribution in [-0.4, -0.2) is 71.3 Å². The highest BCUT2D eigenvalue weighted by Gasteiger charge is 2.49. The van der Waals surface area contributed by atoms with Gasteiger partial charge in [-0.25, -0.2) is 13.2 Å². The van der Waals surface area contributed by atoms with Crippen LogP contribution in [0.4, 0.5) is 19.0 Å². The Hall–Kier alpha value is -3.66. The van der Waals surface area contributed by atoms with Crippen molar-refractivity contribution in [3.8, 4) is 17.1 Å². The molecule has 0 radical (unpaired) electrons. The molecule has 1 aromatic heterocycles. The molecule has 2 aromatic carbocycles. The molecule has 1 amide bonds. The lowest BCUT2D eigenvalue weighted by molar-refractivity contribution is -0.118. The molecule has 3 aliphatic rings. The number of fused-ring (bicyclic) bond motifs is 3. The molecule has 2 aliphatic heterocycles. The van der Waals surface area contributed by atoms with Gasteiger partial charge in [0.05, 0.1) is 5.54 Å². The molecule has 6 rings (SSSR count). The zero-order valence-electron chi connectivity index (χ0n) is 25.5. The van der Waals surface area contributed by atoms with Crippen LogP contribution < -0.4 is 15.0 Å². The van der Waals surface area contributed by atoms with Crippen LogP contribution in [0, 0.1) is 5.82 Å². The molecule has 44 heavy (non-hydrogen) atoms. The van der Waals surface area contributed by atoms with E-state index in [4.69, 9.17) is 9.72 Å². The molecule has 1 aliphatic carbocycles. The van der Waals surface area contributed by atoms with Crippen LogP contribution in [0.15, 0.2) is 42.7 Å². The van der Waals surface area contributed by atoms with E-state index < -0.39 is 29.3 Å². The molecule has 0 bridgehead atoms. The van der Waals surface area contributed by atoms with Crippen molar-refractivity contribution in [1.29, 1.82) is 0 Å². The van der Waals surface area contributed by atoms with E-state index in [2.05, 4.69) is 27.8 Å². The van der Waals surface area contributed by atoms with Gasteiger partial charge in [0.1, 0.15) is 24.1 Å². The second-order valence-corrected chi connectivity index (χ2v) is 12.6. The fourth-order valence-electron chi connectivity index (χ4n) is 7.29. The van der Waals surface area contributed by atoms with E-state index in [-0.39, 0.29) is 37.3 Å². The number of anilines is 1. The predicted molar refractivity (Wildman–Crippen MR) is 166 cm³/mol. The number of alkyl halides is 1. The van der Waals surface area contributed by atoms with Crippen molar-refractivity contribution >= 4 is 22.6 Å². The maximum atomic E-state index is 16.7. The largest absolute Gasteiger partial charge is 0.461 e. The molecule has 2 saturated heterocycles. The monoisotopic (exact) mass is 607 g/mol. The molecule has 10 heteroatoms. The number of ether oxygens (including phenoxy) is 1. The third-order valence-corrected chi connectivity index (χ3v) is 9.46. The zero-order chi connectivity index (χ0) is 31.0. The topological polar surface area (TPSA) is 70.6 Å². The summed E-state index contributed by atoms with van der Waals surface area (Å²) in [5.74, 6) is -1.95. The van der Waals surface area contributed by atoms with Crippen LogP contribution in [0.1, 0.15) is 57.1 Å². The van der Waals surface area contributed by atoms with Gasteiger partial charge in [-0.05, 0) is 81.7 Å². The minimum Gasteiger partial charge on any atom is -0.461 e. The van der Waals surface area contributed by atoms with Crippen molar-refractivity contribution in [2.75, 3.05) is 37.7 Å². The van der Waals surface area contributed by atoms with Crippen molar-refractivity contribution in [2.24, 2.45) is 0 Å². The Bertz CT molecular complexity index is 1580. The quantitative estimate of drug-likeness (QED) is 0.282. The molecule has 1 N–H and O–H groups in total. The van der Waals surface area contributed by atoms with Crippen LogP contribution in [0.5, 0.6) is 6.01 Å². The zero-order valence-corrected chi connectivity index (χ0v) is 25.5. The van der Waals surface area contributed by atoms with Gasteiger partial charge < -0.3 is 15.0 Å². The number of halogens is 3. The number of rotatable bonds is 10. The number of carbonyl (C=O) groups excluding carboxylic acids is 1. The van der Waals surface area contributed by atoms with Crippen molar-refractivity contribution in [1.82, 2.24) is 20.2 Å². The number of carbonyl (C=O) groups is 1. The van der Waals surface area contributed by atoms with Gasteiger partial charge in [-0.3, -0.25) is 9.69 Å². The highest BCUT2D eigenvalue weighted by molar-refractivity contribution is 5.94. The fraction of sp³-hybridized carbons (Fsp3) is 0.500. The minimum atomic E-state index is -1.07. The predicted octanol–water partition coefficient (Wildman–Crippen LogP) is 6.08. The van der Waals surface area contributed by atoms with Gasteiger partial charge in [-0.1, -0.05) is 30.8 Å². The number of nitrogens with one attached hydrogen (secondary N) is 1. The number of aromatic nitrogens is 2. The Morgan fingerprint density at radius 2 is 2.00 bits per heavy atom. The molecule has 234 valence electrons. The molecule has 3 heterocycles. The average molecular weight is 608 g/mol. The molecule has 7 nitrogen and oxygen atoms in total. The second kappa shape index (κ2) is 12.4. The summed E-state index contributed by atoms with van der Waals surface area (Å²) in [4.78, 5) is 25.3. The van der Waals surface area contributed by atoms with Gasteiger partial charge in [0.2, 0.25) is 0 Å². The van der Waals surface area contributed by atoms with Crippen molar-refractivity contribution in [3.63, 3.8) is 0 Å². The second-order valence-electron chi connectivity index (χ2n) is 12.6. The number of hydrogen-bond acceptors (Lipinski definition) is 6. The molecule has 2 atom stereocenters. The van der Waals surface area contributed by atoms with Crippen LogP contribution in [0.25, 0.3) is 22.0 Å². The van der Waals surface area contributed by atoms with E-state index in [0.717, 1.165) is 50.6 Å². The third-order valence-electron chi connectivity index (χ3n) is 9.46. The van der Waals surface area contributed by atoms with E-state index in [1.54, 1.807) is 6.07 Å². The first kappa shape index (κ1) is 30.4. The first-order chi connectivity index (χ1) is 21.2. The lowest BCUT2D eigenvalue weighted by Gasteiger charge is -2.32. The van der Waals surface area contributed by atoms with Gasteiger partial charge in [0, 0.05) is 43.0 Å². The van der Waals surface area contributed by atoms with E-state index in [9.17, 15) is 13.6 Å². The van der Waals surface area contributed by atoms with E-state index in [0.29, 0.717) is 29.7 Å². The number of nitrogens with zero attached hydrogens (tertiary/aromatic N) is 4. The number of aryl methyl sites for hydroxylation is 1. The van der Waals surface area contributed by atoms with Gasteiger partial charge in [0.15, 0.2) is 11.6 Å². The van der Waals surface area contributed by atoms with Crippen molar-refractivity contribution in [2.45, 2.75) is 76.5 Å². The molecule has 2 fully saturated rings. The van der Waals surface area contributed by atoms with E-state index >= 15 is 4.39 Å². The Kier molecular flexibility index (Phi) is 8.55. The molecule has 0 unspecified atom stereocenters. The van der Waals surface area contributed by atoms with Crippen LogP contribution in [0.2, 0.25) is 0 Å². The smallest absolute Gasteiger partial charge is 0.319 e. The number of amides is 1. The number of hydrogen-bond donors (Lipinski definition) is 1. The summed E-state index contributed by atoms with van der Waals surface area (Å²) in [5, 5.41) is 3.02. The summed E-state index contributed by atoms with van der Waals surface area (Å²) >= 11 is 0. The Balaban J connectivity index is 1.41. The van der Waals surface area contributed by atoms with E-state index in [1.807, 2.05) is 36.9 Å². The summed E-state index contributed by atoms with van der Waals surface area (Å²) in [6, 6.07) is 9.62. The minimum absolute atomic E-state index is 0.0222. The Morgan fingerprint density at radius 1 is 1.18 bits per heavy atom. The molecular formula is C34H40F3N5O2. The van der Waals surface area contributed by atoms with Crippen molar-refractivity contribution in [3.05, 3.63) is 59.7 Å². The maximum absolute atomic E-state index is 16.7. The molecular weight excluding hydrogens is 567 g/mol. The summed E-state index contributed by atoms with van der Waals surface area (Å²) in [7, 11) is 0. The molecule has 0 saturated carbocycles. The lowest BCUT2D eigenvalue weighted by Crippen LogP contribution is -2.43. The molecule has 0 spiro atoms. The first-order valence-corrected chi connectivity index (χ1v) is 15.7. The summed E-state index contributed by atoms with van der Waals surface area (Å²) in [6.07, 6.45) is 5.35. The van der Waals surface area contributed by atoms with Crippen LogP contribution in [0.3, 0.4) is 0 Å². The first-order valence-electron chi connectivity index (χ1n) is 15.7. The molecule has 3 aromatic rings. The fourth-order valence-corrected chi connectivity index (χ4v) is 7.29. The SMILES string of the molecule is C=C(F)C(=O)NCCN(c1nc(OC[C@@]23CCCN2C[C@H](F)C3)nc2c(F)c(-c3cccc4c3CCCC4)ccc12)C(C)C.